The standard InChI is InChI=1S/C13H18IN3O2/c1-16(2)13(19)9-17(3)8-12(18)15-11-6-4-10(14)5-7-11/h4-7H,8-9H2,1-3H3,(H,15,18)/p+1. The lowest BCUT2D eigenvalue weighted by atomic mass is 10.3. The van der Waals surface area contributed by atoms with Gasteiger partial charge in [0.15, 0.2) is 13.1 Å². The lowest BCUT2D eigenvalue weighted by molar-refractivity contribution is -0.862. The molecule has 0 saturated heterocycles. The third-order valence-corrected chi connectivity index (χ3v) is 3.26. The van der Waals surface area contributed by atoms with Gasteiger partial charge < -0.3 is 15.1 Å². The lowest BCUT2D eigenvalue weighted by Gasteiger charge is -2.16. The van der Waals surface area contributed by atoms with Gasteiger partial charge in [-0.1, -0.05) is 0 Å². The van der Waals surface area contributed by atoms with Crippen LogP contribution in [0, 0.1) is 3.57 Å². The van der Waals surface area contributed by atoms with E-state index in [1.54, 1.807) is 14.1 Å². The van der Waals surface area contributed by atoms with Gasteiger partial charge in [-0.15, -0.1) is 0 Å². The Balaban J connectivity index is 2.42. The van der Waals surface area contributed by atoms with Gasteiger partial charge in [-0.25, -0.2) is 0 Å². The summed E-state index contributed by atoms with van der Waals surface area (Å²) in [6.45, 7) is 0.582. The maximum Gasteiger partial charge on any atom is 0.279 e. The average molecular weight is 376 g/mol. The number of rotatable bonds is 5. The van der Waals surface area contributed by atoms with Gasteiger partial charge in [0.05, 0.1) is 7.05 Å². The van der Waals surface area contributed by atoms with E-state index in [1.165, 1.54) is 4.90 Å². The number of hydrogen-bond acceptors (Lipinski definition) is 2. The minimum Gasteiger partial charge on any atom is -0.344 e. The predicted molar refractivity (Wildman–Crippen MR) is 83.1 cm³/mol. The van der Waals surface area contributed by atoms with Crippen LogP contribution in [0.15, 0.2) is 24.3 Å². The zero-order chi connectivity index (χ0) is 14.4. The first-order valence-electron chi connectivity index (χ1n) is 5.95. The number of carbonyl (C=O) groups is 2. The zero-order valence-electron chi connectivity index (χ0n) is 11.4. The van der Waals surface area contributed by atoms with Crippen LogP contribution in [-0.2, 0) is 9.59 Å². The number of halogens is 1. The van der Waals surface area contributed by atoms with Crippen LogP contribution in [-0.4, -0.2) is 50.9 Å². The molecule has 0 saturated carbocycles. The second-order valence-corrected chi connectivity index (χ2v) is 5.90. The summed E-state index contributed by atoms with van der Waals surface area (Å²) in [5.41, 5.74) is 0.775. The number of quaternary nitrogens is 1. The molecule has 1 rings (SSSR count). The van der Waals surface area contributed by atoms with E-state index >= 15 is 0 Å². The van der Waals surface area contributed by atoms with Crippen LogP contribution in [0.1, 0.15) is 0 Å². The molecule has 19 heavy (non-hydrogen) atoms. The molecule has 2 N–H and O–H groups in total. The Bertz CT molecular complexity index is 446. The second kappa shape index (κ2) is 7.44. The number of likely N-dealkylation sites (N-methyl/N-ethyl adjacent to an activating group) is 2. The Labute approximate surface area is 127 Å². The Hall–Kier alpha value is -1.15. The molecular formula is C13H19IN3O2+. The minimum absolute atomic E-state index is 0.0135. The summed E-state index contributed by atoms with van der Waals surface area (Å²) in [6.07, 6.45) is 0. The van der Waals surface area contributed by atoms with Crippen LogP contribution in [0.2, 0.25) is 0 Å². The first kappa shape index (κ1) is 15.9. The van der Waals surface area contributed by atoms with E-state index in [2.05, 4.69) is 27.9 Å². The summed E-state index contributed by atoms with van der Waals surface area (Å²) in [7, 11) is 5.25. The van der Waals surface area contributed by atoms with Gasteiger partial charge in [0.2, 0.25) is 0 Å². The molecule has 0 aliphatic heterocycles. The van der Waals surface area contributed by atoms with E-state index in [0.29, 0.717) is 6.54 Å². The van der Waals surface area contributed by atoms with Gasteiger partial charge in [-0.2, -0.15) is 0 Å². The van der Waals surface area contributed by atoms with Gasteiger partial charge in [-0.3, -0.25) is 9.59 Å². The molecule has 0 aromatic heterocycles. The monoisotopic (exact) mass is 376 g/mol. The van der Waals surface area contributed by atoms with E-state index in [4.69, 9.17) is 0 Å². The summed E-state index contributed by atoms with van der Waals surface area (Å²) in [4.78, 5) is 25.7. The summed E-state index contributed by atoms with van der Waals surface area (Å²) in [5.74, 6) is -0.0789. The number of carbonyl (C=O) groups excluding carboxylic acids is 2. The van der Waals surface area contributed by atoms with Crippen molar-refractivity contribution in [3.8, 4) is 0 Å². The molecule has 0 fully saturated rings. The van der Waals surface area contributed by atoms with Crippen LogP contribution < -0.4 is 10.2 Å². The van der Waals surface area contributed by atoms with Gasteiger partial charge >= 0.3 is 0 Å². The molecule has 0 spiro atoms. The second-order valence-electron chi connectivity index (χ2n) is 4.65. The molecule has 1 atom stereocenters. The van der Waals surface area contributed by atoms with Gasteiger partial charge in [0.1, 0.15) is 0 Å². The summed E-state index contributed by atoms with van der Waals surface area (Å²) >= 11 is 2.21. The molecule has 104 valence electrons. The highest BCUT2D eigenvalue weighted by Gasteiger charge is 2.15. The van der Waals surface area contributed by atoms with Gasteiger partial charge in [-0.05, 0) is 46.9 Å². The van der Waals surface area contributed by atoms with E-state index in [0.717, 1.165) is 14.2 Å². The molecule has 0 aliphatic rings. The number of hydrogen-bond donors (Lipinski definition) is 2. The van der Waals surface area contributed by atoms with Crippen molar-refractivity contribution in [3.63, 3.8) is 0 Å². The summed E-state index contributed by atoms with van der Waals surface area (Å²) < 4.78 is 1.12. The highest BCUT2D eigenvalue weighted by Crippen LogP contribution is 2.10. The van der Waals surface area contributed by atoms with Gasteiger partial charge in [0.25, 0.3) is 11.8 Å². The fourth-order valence-electron chi connectivity index (χ4n) is 1.49. The van der Waals surface area contributed by atoms with Crippen molar-refractivity contribution in [1.82, 2.24) is 4.90 Å². The quantitative estimate of drug-likeness (QED) is 0.702. The number of amides is 2. The molecule has 0 aliphatic carbocycles. The van der Waals surface area contributed by atoms with Crippen molar-refractivity contribution in [3.05, 3.63) is 27.8 Å². The SMILES string of the molecule is CN(C)C(=O)C[NH+](C)CC(=O)Nc1ccc(I)cc1. The Morgan fingerprint density at radius 3 is 2.32 bits per heavy atom. The fraction of sp³-hybridized carbons (Fsp3) is 0.385. The van der Waals surface area contributed by atoms with Crippen molar-refractivity contribution in [2.45, 2.75) is 0 Å². The Kier molecular flexibility index (Phi) is 6.23. The summed E-state index contributed by atoms with van der Waals surface area (Å²) in [5, 5.41) is 2.81. The minimum atomic E-state index is -0.0923. The van der Waals surface area contributed by atoms with Crippen LogP contribution in [0.5, 0.6) is 0 Å². The molecule has 6 heteroatoms. The number of nitrogens with zero attached hydrogens (tertiary/aromatic N) is 1. The molecule has 0 heterocycles. The van der Waals surface area contributed by atoms with E-state index in [1.807, 2.05) is 31.3 Å². The molecular weight excluding hydrogens is 357 g/mol. The van der Waals surface area contributed by atoms with Crippen LogP contribution in [0.25, 0.3) is 0 Å². The predicted octanol–water partition coefficient (Wildman–Crippen LogP) is -0.167. The topological polar surface area (TPSA) is 53.9 Å². The zero-order valence-corrected chi connectivity index (χ0v) is 13.5. The molecule has 5 nitrogen and oxygen atoms in total. The smallest absolute Gasteiger partial charge is 0.279 e. The van der Waals surface area contributed by atoms with Gasteiger partial charge in [0, 0.05) is 23.4 Å². The van der Waals surface area contributed by atoms with Crippen LogP contribution in [0.4, 0.5) is 5.69 Å². The average Bonchev–Trinajstić information content (AvgIpc) is 2.31. The van der Waals surface area contributed by atoms with Crippen molar-refractivity contribution in [2.75, 3.05) is 39.5 Å². The van der Waals surface area contributed by atoms with Crippen molar-refractivity contribution < 1.29 is 14.5 Å². The number of benzene rings is 1. The first-order chi connectivity index (χ1) is 8.88. The third-order valence-electron chi connectivity index (χ3n) is 2.54. The highest BCUT2D eigenvalue weighted by atomic mass is 127. The molecule has 0 radical (unpaired) electrons. The maximum absolute atomic E-state index is 11.8. The first-order valence-corrected chi connectivity index (χ1v) is 7.03. The lowest BCUT2D eigenvalue weighted by Crippen LogP contribution is -3.11. The Morgan fingerprint density at radius 1 is 1.21 bits per heavy atom. The van der Waals surface area contributed by atoms with E-state index in [-0.39, 0.29) is 18.4 Å². The normalized spacial score (nSPS) is 11.8. The molecule has 1 aromatic carbocycles. The number of nitrogens with one attached hydrogen (secondary N) is 2. The van der Waals surface area contributed by atoms with E-state index in [9.17, 15) is 9.59 Å². The molecule has 1 aromatic rings. The molecule has 2 amide bonds. The van der Waals surface area contributed by atoms with E-state index < -0.39 is 0 Å². The van der Waals surface area contributed by atoms with Crippen molar-refractivity contribution in [2.24, 2.45) is 0 Å². The third kappa shape index (κ3) is 6.02. The summed E-state index contributed by atoms with van der Waals surface area (Å²) in [6, 6.07) is 7.59. The number of anilines is 1. The Morgan fingerprint density at radius 2 is 1.79 bits per heavy atom. The highest BCUT2D eigenvalue weighted by molar-refractivity contribution is 14.1. The molecule has 0 bridgehead atoms. The maximum atomic E-state index is 11.8. The van der Waals surface area contributed by atoms with Crippen LogP contribution in [0.3, 0.4) is 0 Å². The van der Waals surface area contributed by atoms with Crippen molar-refractivity contribution in [1.29, 1.82) is 0 Å². The van der Waals surface area contributed by atoms with Crippen LogP contribution >= 0.6 is 22.6 Å². The fourth-order valence-corrected chi connectivity index (χ4v) is 1.85. The van der Waals surface area contributed by atoms with Crippen molar-refractivity contribution >= 4 is 40.1 Å². The largest absolute Gasteiger partial charge is 0.344 e. The molecule has 1 unspecified atom stereocenters.